The van der Waals surface area contributed by atoms with E-state index < -0.39 is 0 Å². The average Bonchev–Trinajstić information content (AvgIpc) is 1.97. The lowest BCUT2D eigenvalue weighted by Gasteiger charge is -2.05. The van der Waals surface area contributed by atoms with Gasteiger partial charge < -0.3 is 4.31 Å². The fourth-order valence-electron chi connectivity index (χ4n) is 0.331. The van der Waals surface area contributed by atoms with Crippen molar-refractivity contribution < 1.29 is 0 Å². The van der Waals surface area contributed by atoms with E-state index in [4.69, 9.17) is 0 Å². The summed E-state index contributed by atoms with van der Waals surface area (Å²) in [6.07, 6.45) is 7.23. The SMILES string of the molecule is C=C/C=C\N(C)SN=CC. The van der Waals surface area contributed by atoms with Gasteiger partial charge in [-0.25, -0.2) is 4.40 Å². The van der Waals surface area contributed by atoms with Crippen LogP contribution in [-0.2, 0) is 0 Å². The predicted octanol–water partition coefficient (Wildman–Crippen LogP) is 2.27. The van der Waals surface area contributed by atoms with Crippen molar-refractivity contribution in [2.75, 3.05) is 7.05 Å². The summed E-state index contributed by atoms with van der Waals surface area (Å²) < 4.78 is 5.85. The monoisotopic (exact) mass is 156 g/mol. The number of hydrogen-bond donors (Lipinski definition) is 0. The maximum Gasteiger partial charge on any atom is 0.0918 e. The second-order valence-corrected chi connectivity index (χ2v) is 2.52. The molecule has 0 atom stereocenters. The van der Waals surface area contributed by atoms with Crippen LogP contribution in [0.1, 0.15) is 6.92 Å². The van der Waals surface area contributed by atoms with E-state index in [0.29, 0.717) is 0 Å². The predicted molar refractivity (Wildman–Crippen MR) is 48.9 cm³/mol. The Morgan fingerprint density at radius 1 is 1.60 bits per heavy atom. The summed E-state index contributed by atoms with van der Waals surface area (Å²) in [5.74, 6) is 0. The first-order valence-corrected chi connectivity index (χ1v) is 3.71. The highest BCUT2D eigenvalue weighted by atomic mass is 32.2. The maximum atomic E-state index is 3.96. The molecule has 0 saturated heterocycles. The Morgan fingerprint density at radius 3 is 2.80 bits per heavy atom. The van der Waals surface area contributed by atoms with Crippen LogP contribution in [0.5, 0.6) is 0 Å². The molecule has 0 bridgehead atoms. The molecule has 3 heteroatoms. The van der Waals surface area contributed by atoms with Crippen molar-refractivity contribution in [3.63, 3.8) is 0 Å². The molecular formula is C7H12N2S. The zero-order valence-corrected chi connectivity index (χ0v) is 7.14. The van der Waals surface area contributed by atoms with Crippen LogP contribution >= 0.6 is 12.1 Å². The van der Waals surface area contributed by atoms with Gasteiger partial charge in [-0.1, -0.05) is 12.7 Å². The Hall–Kier alpha value is -0.700. The Morgan fingerprint density at radius 2 is 2.30 bits per heavy atom. The summed E-state index contributed by atoms with van der Waals surface area (Å²) in [4.78, 5) is 0. The third-order valence-electron chi connectivity index (χ3n) is 0.713. The smallest absolute Gasteiger partial charge is 0.0918 e. The fraction of sp³-hybridized carbons (Fsp3) is 0.286. The molecule has 0 aromatic rings. The van der Waals surface area contributed by atoms with Gasteiger partial charge in [-0.05, 0) is 13.0 Å². The zero-order chi connectivity index (χ0) is 7.82. The summed E-state index contributed by atoms with van der Waals surface area (Å²) in [6, 6.07) is 0. The molecule has 0 radical (unpaired) electrons. The molecule has 0 unspecified atom stereocenters. The van der Waals surface area contributed by atoms with E-state index in [9.17, 15) is 0 Å². The number of hydrogen-bond acceptors (Lipinski definition) is 3. The second-order valence-electron chi connectivity index (χ2n) is 1.57. The van der Waals surface area contributed by atoms with Crippen molar-refractivity contribution in [3.8, 4) is 0 Å². The molecule has 0 aliphatic rings. The van der Waals surface area contributed by atoms with Gasteiger partial charge in [0.1, 0.15) is 0 Å². The largest absolute Gasteiger partial charge is 0.307 e. The molecule has 2 nitrogen and oxygen atoms in total. The third kappa shape index (κ3) is 5.44. The highest BCUT2D eigenvalue weighted by Crippen LogP contribution is 2.06. The quantitative estimate of drug-likeness (QED) is 0.352. The van der Waals surface area contributed by atoms with E-state index in [2.05, 4.69) is 11.0 Å². The Kier molecular flexibility index (Phi) is 5.97. The lowest BCUT2D eigenvalue weighted by molar-refractivity contribution is 0.776. The van der Waals surface area contributed by atoms with Gasteiger partial charge in [-0.15, -0.1) is 0 Å². The first-order valence-electron chi connectivity index (χ1n) is 2.98. The molecule has 0 rings (SSSR count). The topological polar surface area (TPSA) is 15.6 Å². The molecule has 0 amide bonds. The molecule has 0 spiro atoms. The number of nitrogens with zero attached hydrogens (tertiary/aromatic N) is 2. The lowest BCUT2D eigenvalue weighted by atomic mass is 10.6. The van der Waals surface area contributed by atoms with Gasteiger partial charge in [0.2, 0.25) is 0 Å². The van der Waals surface area contributed by atoms with E-state index in [0.717, 1.165) is 0 Å². The van der Waals surface area contributed by atoms with Crippen LogP contribution in [-0.4, -0.2) is 17.6 Å². The van der Waals surface area contributed by atoms with Crippen molar-refractivity contribution in [2.24, 2.45) is 4.40 Å². The third-order valence-corrected chi connectivity index (χ3v) is 1.40. The van der Waals surface area contributed by atoms with Crippen molar-refractivity contribution >= 4 is 18.3 Å². The van der Waals surface area contributed by atoms with Crippen LogP contribution < -0.4 is 0 Å². The molecule has 0 saturated carbocycles. The van der Waals surface area contributed by atoms with E-state index in [1.807, 2.05) is 30.6 Å². The summed E-state index contributed by atoms with van der Waals surface area (Å²) in [5, 5.41) is 0. The minimum atomic E-state index is 1.38. The molecular weight excluding hydrogens is 144 g/mol. The van der Waals surface area contributed by atoms with Crippen LogP contribution in [0, 0.1) is 0 Å². The van der Waals surface area contributed by atoms with Crippen LogP contribution in [0.15, 0.2) is 29.3 Å². The summed E-state index contributed by atoms with van der Waals surface area (Å²) in [5.41, 5.74) is 0. The lowest BCUT2D eigenvalue weighted by Crippen LogP contribution is -1.95. The first-order chi connectivity index (χ1) is 4.81. The van der Waals surface area contributed by atoms with Crippen LogP contribution in [0.25, 0.3) is 0 Å². The Balaban J connectivity index is 3.51. The molecule has 0 N–H and O–H groups in total. The molecule has 0 heterocycles. The Labute approximate surface area is 66.6 Å². The molecule has 0 aromatic heterocycles. The van der Waals surface area contributed by atoms with Crippen molar-refractivity contribution in [1.82, 2.24) is 4.31 Å². The minimum Gasteiger partial charge on any atom is -0.307 e. The van der Waals surface area contributed by atoms with Gasteiger partial charge in [0, 0.05) is 19.5 Å². The highest BCUT2D eigenvalue weighted by molar-refractivity contribution is 7.95. The van der Waals surface area contributed by atoms with Crippen molar-refractivity contribution in [2.45, 2.75) is 6.92 Å². The van der Waals surface area contributed by atoms with Crippen LogP contribution in [0.4, 0.5) is 0 Å². The van der Waals surface area contributed by atoms with E-state index in [1.165, 1.54) is 12.1 Å². The maximum absolute atomic E-state index is 3.96. The van der Waals surface area contributed by atoms with Crippen molar-refractivity contribution in [3.05, 3.63) is 24.9 Å². The summed E-state index contributed by atoms with van der Waals surface area (Å²) in [7, 11) is 1.93. The number of allylic oxidation sites excluding steroid dienone is 2. The van der Waals surface area contributed by atoms with E-state index >= 15 is 0 Å². The van der Waals surface area contributed by atoms with E-state index in [-0.39, 0.29) is 0 Å². The van der Waals surface area contributed by atoms with Gasteiger partial charge in [0.15, 0.2) is 0 Å². The summed E-state index contributed by atoms with van der Waals surface area (Å²) in [6.45, 7) is 5.44. The van der Waals surface area contributed by atoms with Crippen molar-refractivity contribution in [1.29, 1.82) is 0 Å². The fourth-order valence-corrected chi connectivity index (χ4v) is 0.698. The first kappa shape index (κ1) is 9.30. The summed E-state index contributed by atoms with van der Waals surface area (Å²) >= 11 is 1.38. The number of rotatable bonds is 4. The van der Waals surface area contributed by atoms with Crippen LogP contribution in [0.2, 0.25) is 0 Å². The highest BCUT2D eigenvalue weighted by Gasteiger charge is 1.83. The second kappa shape index (κ2) is 6.42. The molecule has 0 aliphatic heterocycles. The normalized spacial score (nSPS) is 11.0. The van der Waals surface area contributed by atoms with Gasteiger partial charge in [-0.2, -0.15) is 0 Å². The molecule has 0 fully saturated rings. The van der Waals surface area contributed by atoms with Gasteiger partial charge in [-0.3, -0.25) is 0 Å². The molecule has 0 aromatic carbocycles. The van der Waals surface area contributed by atoms with E-state index in [1.54, 1.807) is 12.3 Å². The molecule has 0 aliphatic carbocycles. The van der Waals surface area contributed by atoms with Gasteiger partial charge in [0.25, 0.3) is 0 Å². The van der Waals surface area contributed by atoms with Crippen LogP contribution in [0.3, 0.4) is 0 Å². The van der Waals surface area contributed by atoms with Gasteiger partial charge >= 0.3 is 0 Å². The molecule has 56 valence electrons. The average molecular weight is 156 g/mol. The zero-order valence-electron chi connectivity index (χ0n) is 6.32. The Bertz CT molecular complexity index is 141. The van der Waals surface area contributed by atoms with Gasteiger partial charge in [0.05, 0.1) is 12.1 Å². The molecule has 10 heavy (non-hydrogen) atoms. The standard InChI is InChI=1S/C7H12N2S/c1-4-6-7-9(3)10-8-5-2/h4-7H,1H2,2-3H3/b7-6-,8-5?. The minimum absolute atomic E-state index is 1.38.